The van der Waals surface area contributed by atoms with Crippen LogP contribution >= 0.6 is 0 Å². The fourth-order valence-corrected chi connectivity index (χ4v) is 1.70. The predicted molar refractivity (Wildman–Crippen MR) is 73.2 cm³/mol. The number of ether oxygens (including phenoxy) is 2. The van der Waals surface area contributed by atoms with Crippen LogP contribution in [0.5, 0.6) is 0 Å². The van der Waals surface area contributed by atoms with E-state index in [1.165, 1.54) is 0 Å². The molecule has 0 aliphatic rings. The summed E-state index contributed by atoms with van der Waals surface area (Å²) in [7, 11) is 1.66. The van der Waals surface area contributed by atoms with E-state index in [-0.39, 0.29) is 0 Å². The smallest absolute Gasteiger partial charge is 0.180 e. The molecule has 0 saturated carbocycles. The SMILES string of the molecule is COCCOCCCNc1nc(N)cn2ccnc12. The van der Waals surface area contributed by atoms with Crippen LogP contribution in [0.15, 0.2) is 18.6 Å². The summed E-state index contributed by atoms with van der Waals surface area (Å²) in [5, 5.41) is 3.22. The number of nitrogens with one attached hydrogen (secondary N) is 1. The highest BCUT2D eigenvalue weighted by atomic mass is 16.5. The van der Waals surface area contributed by atoms with Gasteiger partial charge in [-0.05, 0) is 6.42 Å². The number of nitrogens with two attached hydrogens (primary N) is 1. The first kappa shape index (κ1) is 13.6. The summed E-state index contributed by atoms with van der Waals surface area (Å²) in [6, 6.07) is 0. The highest BCUT2D eigenvalue weighted by Gasteiger charge is 2.04. The molecule has 19 heavy (non-hydrogen) atoms. The van der Waals surface area contributed by atoms with Crippen molar-refractivity contribution in [1.29, 1.82) is 0 Å². The lowest BCUT2D eigenvalue weighted by atomic mass is 10.4. The molecule has 0 radical (unpaired) electrons. The van der Waals surface area contributed by atoms with Crippen LogP contribution in [0.3, 0.4) is 0 Å². The summed E-state index contributed by atoms with van der Waals surface area (Å²) < 4.78 is 12.1. The van der Waals surface area contributed by atoms with Gasteiger partial charge < -0.3 is 24.9 Å². The summed E-state index contributed by atoms with van der Waals surface area (Å²) in [5.74, 6) is 1.16. The zero-order valence-electron chi connectivity index (χ0n) is 11.0. The monoisotopic (exact) mass is 265 g/mol. The molecular formula is C12H19N5O2. The first-order chi connectivity index (χ1) is 9.31. The Hall–Kier alpha value is -1.86. The van der Waals surface area contributed by atoms with Gasteiger partial charge in [-0.25, -0.2) is 9.97 Å². The third-order valence-electron chi connectivity index (χ3n) is 2.58. The van der Waals surface area contributed by atoms with Crippen LogP contribution < -0.4 is 11.1 Å². The van der Waals surface area contributed by atoms with E-state index >= 15 is 0 Å². The molecule has 3 N–H and O–H groups in total. The Morgan fingerprint density at radius 2 is 2.26 bits per heavy atom. The second-order valence-corrected chi connectivity index (χ2v) is 4.06. The molecule has 0 atom stereocenters. The van der Waals surface area contributed by atoms with E-state index < -0.39 is 0 Å². The molecule has 0 amide bonds. The van der Waals surface area contributed by atoms with Crippen molar-refractivity contribution in [3.05, 3.63) is 18.6 Å². The van der Waals surface area contributed by atoms with E-state index in [4.69, 9.17) is 15.2 Å². The number of hydrogen-bond acceptors (Lipinski definition) is 6. The topological polar surface area (TPSA) is 86.7 Å². The Balaban J connectivity index is 1.79. The molecule has 0 bridgehead atoms. The van der Waals surface area contributed by atoms with Crippen LogP contribution in [0, 0.1) is 0 Å². The number of hydrogen-bond donors (Lipinski definition) is 2. The number of anilines is 2. The van der Waals surface area contributed by atoms with Crippen LogP contribution in [-0.2, 0) is 9.47 Å². The fraction of sp³-hybridized carbons (Fsp3) is 0.500. The zero-order valence-corrected chi connectivity index (χ0v) is 11.0. The zero-order chi connectivity index (χ0) is 13.5. The lowest BCUT2D eigenvalue weighted by Crippen LogP contribution is -2.10. The predicted octanol–water partition coefficient (Wildman–Crippen LogP) is 0.776. The minimum atomic E-state index is 0.462. The number of rotatable bonds is 8. The van der Waals surface area contributed by atoms with Crippen LogP contribution in [-0.4, -0.2) is 47.8 Å². The highest BCUT2D eigenvalue weighted by Crippen LogP contribution is 2.14. The first-order valence-electron chi connectivity index (χ1n) is 6.21. The summed E-state index contributed by atoms with van der Waals surface area (Å²) in [5.41, 5.74) is 6.50. The molecular weight excluding hydrogens is 246 g/mol. The lowest BCUT2D eigenvalue weighted by molar-refractivity contribution is 0.0705. The normalized spacial score (nSPS) is 11.0. The molecule has 2 aromatic heterocycles. The Morgan fingerprint density at radius 3 is 3.11 bits per heavy atom. The van der Waals surface area contributed by atoms with Crippen LogP contribution in [0.2, 0.25) is 0 Å². The molecule has 2 aromatic rings. The second-order valence-electron chi connectivity index (χ2n) is 4.06. The average Bonchev–Trinajstić information content (AvgIpc) is 2.85. The molecule has 2 rings (SSSR count). The minimum absolute atomic E-state index is 0.462. The van der Waals surface area contributed by atoms with Crippen molar-refractivity contribution >= 4 is 17.3 Å². The Bertz CT molecular complexity index is 514. The average molecular weight is 265 g/mol. The van der Waals surface area contributed by atoms with Gasteiger partial charge >= 0.3 is 0 Å². The molecule has 0 aliphatic carbocycles. The van der Waals surface area contributed by atoms with Crippen molar-refractivity contribution in [2.45, 2.75) is 6.42 Å². The summed E-state index contributed by atoms with van der Waals surface area (Å²) in [6.45, 7) is 2.69. The summed E-state index contributed by atoms with van der Waals surface area (Å²) in [6.07, 6.45) is 6.18. The molecule has 2 heterocycles. The van der Waals surface area contributed by atoms with E-state index in [1.807, 2.05) is 10.6 Å². The van der Waals surface area contributed by atoms with E-state index in [1.54, 1.807) is 19.5 Å². The van der Waals surface area contributed by atoms with Gasteiger partial charge in [0.2, 0.25) is 0 Å². The van der Waals surface area contributed by atoms with E-state index in [0.717, 1.165) is 18.6 Å². The number of nitrogen functional groups attached to an aromatic ring is 1. The van der Waals surface area contributed by atoms with Crippen molar-refractivity contribution < 1.29 is 9.47 Å². The number of methoxy groups -OCH3 is 1. The fourth-order valence-electron chi connectivity index (χ4n) is 1.70. The summed E-state index contributed by atoms with van der Waals surface area (Å²) in [4.78, 5) is 8.48. The van der Waals surface area contributed by atoms with Gasteiger partial charge in [-0.2, -0.15) is 0 Å². The largest absolute Gasteiger partial charge is 0.382 e. The van der Waals surface area contributed by atoms with Gasteiger partial charge in [0.1, 0.15) is 5.82 Å². The molecule has 0 spiro atoms. The number of fused-ring (bicyclic) bond motifs is 1. The maximum Gasteiger partial charge on any atom is 0.180 e. The Kier molecular flexibility index (Phi) is 4.93. The van der Waals surface area contributed by atoms with Gasteiger partial charge in [-0.1, -0.05) is 0 Å². The molecule has 7 nitrogen and oxygen atoms in total. The van der Waals surface area contributed by atoms with Gasteiger partial charge in [0.15, 0.2) is 11.5 Å². The van der Waals surface area contributed by atoms with Gasteiger partial charge in [0, 0.05) is 32.7 Å². The number of nitrogens with zero attached hydrogens (tertiary/aromatic N) is 3. The maximum absolute atomic E-state index is 5.73. The van der Waals surface area contributed by atoms with Crippen LogP contribution in [0.1, 0.15) is 6.42 Å². The van der Waals surface area contributed by atoms with E-state index in [0.29, 0.717) is 31.5 Å². The van der Waals surface area contributed by atoms with Gasteiger partial charge in [0.25, 0.3) is 0 Å². The molecule has 0 aromatic carbocycles. The highest BCUT2D eigenvalue weighted by molar-refractivity contribution is 5.64. The molecule has 0 unspecified atom stereocenters. The van der Waals surface area contributed by atoms with Crippen LogP contribution in [0.4, 0.5) is 11.6 Å². The molecule has 7 heteroatoms. The van der Waals surface area contributed by atoms with Crippen molar-refractivity contribution in [1.82, 2.24) is 14.4 Å². The number of aromatic nitrogens is 3. The van der Waals surface area contributed by atoms with Gasteiger partial charge in [-0.3, -0.25) is 0 Å². The van der Waals surface area contributed by atoms with Crippen molar-refractivity contribution in [2.75, 3.05) is 44.5 Å². The molecule has 104 valence electrons. The van der Waals surface area contributed by atoms with E-state index in [2.05, 4.69) is 15.3 Å². The van der Waals surface area contributed by atoms with Crippen molar-refractivity contribution in [3.63, 3.8) is 0 Å². The molecule has 0 saturated heterocycles. The number of imidazole rings is 1. The molecule has 0 fully saturated rings. The Labute approximate surface area is 111 Å². The van der Waals surface area contributed by atoms with Crippen molar-refractivity contribution in [3.8, 4) is 0 Å². The summed E-state index contributed by atoms with van der Waals surface area (Å²) >= 11 is 0. The van der Waals surface area contributed by atoms with E-state index in [9.17, 15) is 0 Å². The van der Waals surface area contributed by atoms with Crippen LogP contribution in [0.25, 0.3) is 5.65 Å². The maximum atomic E-state index is 5.73. The van der Waals surface area contributed by atoms with Crippen molar-refractivity contribution in [2.24, 2.45) is 0 Å². The first-order valence-corrected chi connectivity index (χ1v) is 6.21. The Morgan fingerprint density at radius 1 is 1.37 bits per heavy atom. The standard InChI is InChI=1S/C12H19N5O2/c1-18-7-8-19-6-2-3-14-11-12-15-4-5-17(12)9-10(13)16-11/h4-5,9H,2-3,6-8,13H2,1H3,(H,14,16). The van der Waals surface area contributed by atoms with Gasteiger partial charge in [0.05, 0.1) is 19.4 Å². The molecule has 0 aliphatic heterocycles. The van der Waals surface area contributed by atoms with Gasteiger partial charge in [-0.15, -0.1) is 0 Å². The third kappa shape index (κ3) is 3.80. The minimum Gasteiger partial charge on any atom is -0.382 e. The quantitative estimate of drug-likeness (QED) is 0.686. The second kappa shape index (κ2) is 6.91. The third-order valence-corrected chi connectivity index (χ3v) is 2.58. The lowest BCUT2D eigenvalue weighted by Gasteiger charge is -2.08.